The number of ether oxygens (including phenoxy) is 3. The third kappa shape index (κ3) is 53.0. The molecule has 0 aromatic rings. The maximum absolute atomic E-state index is 12.7. The highest BCUT2D eigenvalue weighted by atomic mass is 16.6. The first-order chi connectivity index (χ1) is 33.5. The summed E-state index contributed by atoms with van der Waals surface area (Å²) in [6.45, 7) is 6.45. The maximum Gasteiger partial charge on any atom is 0.306 e. The Morgan fingerprint density at radius 2 is 0.574 bits per heavy atom. The van der Waals surface area contributed by atoms with Crippen LogP contribution in [-0.4, -0.2) is 37.2 Å². The van der Waals surface area contributed by atoms with Gasteiger partial charge in [-0.25, -0.2) is 0 Å². The molecule has 0 aliphatic carbocycles. The smallest absolute Gasteiger partial charge is 0.306 e. The molecule has 0 bridgehead atoms. The van der Waals surface area contributed by atoms with Crippen LogP contribution in [0.1, 0.15) is 245 Å². The molecule has 0 heterocycles. The molecule has 6 heteroatoms. The summed E-state index contributed by atoms with van der Waals surface area (Å²) in [4.78, 5) is 37.8. The lowest BCUT2D eigenvalue weighted by molar-refractivity contribution is -0.167. The van der Waals surface area contributed by atoms with Gasteiger partial charge in [0.05, 0.1) is 0 Å². The van der Waals surface area contributed by atoms with Gasteiger partial charge in [0.2, 0.25) is 0 Å². The van der Waals surface area contributed by atoms with Crippen molar-refractivity contribution in [3.05, 3.63) is 109 Å². The molecule has 0 fully saturated rings. The SMILES string of the molecule is CC/C=C\C/C=C\C/C=C\C/C=C\C/C=C\C/C=C\C/C=C\C/C=C\C/C=C\CCCCCC(=O)OCC(COC(=O)CCCCCCCCCCC)OC(=O)CCCCCCCCCCCC. The molecule has 0 radical (unpaired) electrons. The largest absolute Gasteiger partial charge is 0.462 e. The minimum Gasteiger partial charge on any atom is -0.462 e. The standard InChI is InChI=1S/C62H102O6/c1-4-7-10-13-16-19-21-22-23-24-25-26-27-28-29-30-31-32-33-34-35-36-37-38-39-40-41-44-46-49-52-55-61(64)67-58-59(57-66-60(63)54-51-48-45-42-18-15-12-9-6-3)68-62(65)56-53-50-47-43-20-17-14-11-8-5-2/h7,10,16,19,22-23,25-26,28-29,31-32,34-35,37-38,40-41,59H,4-6,8-9,11-15,17-18,20-21,24,27,30,33,36,39,42-58H2,1-3H3/b10-7-,19-16-,23-22-,26-25-,29-28-,32-31-,35-34-,38-37-,41-40-. The van der Waals surface area contributed by atoms with Crippen molar-refractivity contribution in [3.8, 4) is 0 Å². The summed E-state index contributed by atoms with van der Waals surface area (Å²) in [6, 6.07) is 0. The van der Waals surface area contributed by atoms with Crippen LogP contribution in [0.15, 0.2) is 109 Å². The van der Waals surface area contributed by atoms with Crippen molar-refractivity contribution >= 4 is 17.9 Å². The van der Waals surface area contributed by atoms with Crippen LogP contribution in [0.25, 0.3) is 0 Å². The first-order valence-electron chi connectivity index (χ1n) is 27.9. The molecule has 0 aromatic heterocycles. The van der Waals surface area contributed by atoms with Gasteiger partial charge in [-0.15, -0.1) is 0 Å². The van der Waals surface area contributed by atoms with E-state index in [4.69, 9.17) is 14.2 Å². The molecule has 0 aromatic carbocycles. The highest BCUT2D eigenvalue weighted by Gasteiger charge is 2.19. The number of allylic oxidation sites excluding steroid dienone is 18. The Morgan fingerprint density at radius 3 is 0.897 bits per heavy atom. The highest BCUT2D eigenvalue weighted by Crippen LogP contribution is 2.14. The lowest BCUT2D eigenvalue weighted by Gasteiger charge is -2.18. The Labute approximate surface area is 419 Å². The highest BCUT2D eigenvalue weighted by molar-refractivity contribution is 5.71. The van der Waals surface area contributed by atoms with E-state index < -0.39 is 6.10 Å². The molecule has 0 aliphatic heterocycles. The summed E-state index contributed by atoms with van der Waals surface area (Å²) in [6.07, 6.45) is 75.2. The fourth-order valence-corrected chi connectivity index (χ4v) is 7.37. The van der Waals surface area contributed by atoms with Gasteiger partial charge >= 0.3 is 17.9 Å². The summed E-state index contributed by atoms with van der Waals surface area (Å²) in [5.74, 6) is -0.928. The van der Waals surface area contributed by atoms with Crippen molar-refractivity contribution < 1.29 is 28.6 Å². The van der Waals surface area contributed by atoms with Crippen molar-refractivity contribution in [3.63, 3.8) is 0 Å². The number of unbranched alkanes of at least 4 members (excludes halogenated alkanes) is 20. The second-order valence-corrected chi connectivity index (χ2v) is 18.1. The Hall–Kier alpha value is -3.93. The van der Waals surface area contributed by atoms with Gasteiger partial charge in [0, 0.05) is 19.3 Å². The molecule has 68 heavy (non-hydrogen) atoms. The van der Waals surface area contributed by atoms with Gasteiger partial charge in [0.25, 0.3) is 0 Å². The monoisotopic (exact) mass is 943 g/mol. The van der Waals surface area contributed by atoms with Gasteiger partial charge in [-0.05, 0) is 89.9 Å². The van der Waals surface area contributed by atoms with E-state index in [-0.39, 0.29) is 31.1 Å². The second kappa shape index (κ2) is 55.7. The normalized spacial score (nSPS) is 12.9. The minimum atomic E-state index is -0.787. The van der Waals surface area contributed by atoms with E-state index in [1.165, 1.54) is 83.5 Å². The van der Waals surface area contributed by atoms with Gasteiger partial charge in [-0.2, -0.15) is 0 Å². The van der Waals surface area contributed by atoms with Crippen LogP contribution in [0.4, 0.5) is 0 Å². The van der Waals surface area contributed by atoms with Crippen molar-refractivity contribution in [2.24, 2.45) is 0 Å². The van der Waals surface area contributed by atoms with Crippen molar-refractivity contribution in [1.82, 2.24) is 0 Å². The van der Waals surface area contributed by atoms with Gasteiger partial charge in [0.1, 0.15) is 13.2 Å². The molecule has 1 atom stereocenters. The molecule has 0 amide bonds. The van der Waals surface area contributed by atoms with E-state index in [9.17, 15) is 14.4 Å². The van der Waals surface area contributed by atoms with E-state index in [1.54, 1.807) is 0 Å². The van der Waals surface area contributed by atoms with Gasteiger partial charge in [-0.1, -0.05) is 246 Å². The van der Waals surface area contributed by atoms with Crippen molar-refractivity contribution in [2.45, 2.75) is 252 Å². The van der Waals surface area contributed by atoms with Crippen LogP contribution in [0.5, 0.6) is 0 Å². The summed E-state index contributed by atoms with van der Waals surface area (Å²) in [7, 11) is 0. The molecular formula is C62H102O6. The fraction of sp³-hybridized carbons (Fsp3) is 0.661. The van der Waals surface area contributed by atoms with Crippen LogP contribution < -0.4 is 0 Å². The van der Waals surface area contributed by atoms with Crippen LogP contribution >= 0.6 is 0 Å². The predicted molar refractivity (Wildman–Crippen MR) is 293 cm³/mol. The maximum atomic E-state index is 12.7. The summed E-state index contributed by atoms with van der Waals surface area (Å²) in [5.41, 5.74) is 0. The van der Waals surface area contributed by atoms with Crippen molar-refractivity contribution in [1.29, 1.82) is 0 Å². The summed E-state index contributed by atoms with van der Waals surface area (Å²) < 4.78 is 16.7. The zero-order valence-electron chi connectivity index (χ0n) is 44.1. The topological polar surface area (TPSA) is 78.9 Å². The molecule has 1 unspecified atom stereocenters. The first kappa shape index (κ1) is 64.1. The van der Waals surface area contributed by atoms with Gasteiger partial charge in [-0.3, -0.25) is 14.4 Å². The Morgan fingerprint density at radius 1 is 0.309 bits per heavy atom. The molecule has 0 saturated heterocycles. The summed E-state index contributed by atoms with van der Waals surface area (Å²) in [5, 5.41) is 0. The molecule has 0 rings (SSSR count). The van der Waals surface area contributed by atoms with Gasteiger partial charge < -0.3 is 14.2 Å². The second-order valence-electron chi connectivity index (χ2n) is 18.1. The average Bonchev–Trinajstić information content (AvgIpc) is 3.34. The zero-order valence-corrected chi connectivity index (χ0v) is 44.1. The van der Waals surface area contributed by atoms with Crippen LogP contribution in [0.2, 0.25) is 0 Å². The third-order valence-corrected chi connectivity index (χ3v) is 11.5. The number of esters is 3. The molecule has 6 nitrogen and oxygen atoms in total. The van der Waals surface area contributed by atoms with E-state index in [0.717, 1.165) is 122 Å². The van der Waals surface area contributed by atoms with Gasteiger partial charge in [0.15, 0.2) is 6.10 Å². The minimum absolute atomic E-state index is 0.0867. The molecule has 0 N–H and O–H groups in total. The molecule has 0 saturated carbocycles. The lowest BCUT2D eigenvalue weighted by Crippen LogP contribution is -2.30. The molecule has 386 valence electrons. The lowest BCUT2D eigenvalue weighted by atomic mass is 10.1. The number of carbonyl (C=O) groups is 3. The molecular weight excluding hydrogens is 841 g/mol. The molecule has 0 spiro atoms. The number of carbonyl (C=O) groups excluding carboxylic acids is 3. The molecule has 0 aliphatic rings. The van der Waals surface area contributed by atoms with E-state index in [2.05, 4.69) is 130 Å². The average molecular weight is 943 g/mol. The Kier molecular flexibility index (Phi) is 52.4. The number of rotatable bonds is 49. The quantitative estimate of drug-likeness (QED) is 0.0262. The zero-order chi connectivity index (χ0) is 49.3. The van der Waals surface area contributed by atoms with Crippen LogP contribution in [0.3, 0.4) is 0 Å². The van der Waals surface area contributed by atoms with Crippen LogP contribution in [-0.2, 0) is 28.6 Å². The number of hydrogen-bond acceptors (Lipinski definition) is 6. The van der Waals surface area contributed by atoms with E-state index >= 15 is 0 Å². The predicted octanol–water partition coefficient (Wildman–Crippen LogP) is 18.7. The van der Waals surface area contributed by atoms with E-state index in [0.29, 0.717) is 19.3 Å². The Bertz CT molecular complexity index is 1410. The third-order valence-electron chi connectivity index (χ3n) is 11.5. The number of hydrogen-bond donors (Lipinski definition) is 0. The van der Waals surface area contributed by atoms with Crippen LogP contribution in [0, 0.1) is 0 Å². The van der Waals surface area contributed by atoms with Crippen molar-refractivity contribution in [2.75, 3.05) is 13.2 Å². The fourth-order valence-electron chi connectivity index (χ4n) is 7.37. The van der Waals surface area contributed by atoms with E-state index in [1.807, 2.05) is 0 Å². The Balaban J connectivity index is 4.24. The summed E-state index contributed by atoms with van der Waals surface area (Å²) >= 11 is 0. The first-order valence-corrected chi connectivity index (χ1v) is 27.9.